The molecule has 0 bridgehead atoms. The van der Waals surface area contributed by atoms with Crippen LogP contribution in [0.3, 0.4) is 0 Å². The van der Waals surface area contributed by atoms with Gasteiger partial charge in [-0.15, -0.1) is 0 Å². The summed E-state index contributed by atoms with van der Waals surface area (Å²) < 4.78 is 0. The Labute approximate surface area is 176 Å². The van der Waals surface area contributed by atoms with Crippen LogP contribution in [0.2, 0.25) is 0 Å². The van der Waals surface area contributed by atoms with Gasteiger partial charge < -0.3 is 21.1 Å². The highest BCUT2D eigenvalue weighted by Gasteiger charge is 2.17. The van der Waals surface area contributed by atoms with Gasteiger partial charge in [0.2, 0.25) is 0 Å². The number of nitrogens with one attached hydrogen (secondary N) is 1. The van der Waals surface area contributed by atoms with Crippen LogP contribution in [0.15, 0.2) is 72.8 Å². The molecule has 0 aromatic heterocycles. The maximum absolute atomic E-state index is 11.1. The Bertz CT molecular complexity index is 1010. The lowest BCUT2D eigenvalue weighted by Crippen LogP contribution is -2.45. The molecule has 4 N–H and O–H groups in total. The Morgan fingerprint density at radius 3 is 2.40 bits per heavy atom. The van der Waals surface area contributed by atoms with E-state index in [0.29, 0.717) is 11.4 Å². The Hall–Kier alpha value is -3.51. The fourth-order valence-electron chi connectivity index (χ4n) is 3.75. The quantitative estimate of drug-likeness (QED) is 0.540. The van der Waals surface area contributed by atoms with Crippen LogP contribution in [0.4, 0.5) is 22.7 Å². The van der Waals surface area contributed by atoms with Gasteiger partial charge in [0.25, 0.3) is 0 Å². The van der Waals surface area contributed by atoms with Crippen molar-refractivity contribution in [3.8, 4) is 0 Å². The number of anilines is 4. The zero-order valence-corrected chi connectivity index (χ0v) is 16.8. The number of hydrogen-bond donors (Lipinski definition) is 3. The van der Waals surface area contributed by atoms with Crippen LogP contribution in [0.25, 0.3) is 0 Å². The lowest BCUT2D eigenvalue weighted by molar-refractivity contribution is 0.0697. The predicted molar refractivity (Wildman–Crippen MR) is 121 cm³/mol. The highest BCUT2D eigenvalue weighted by Crippen LogP contribution is 2.27. The molecule has 1 aliphatic heterocycles. The molecule has 3 aromatic carbocycles. The fraction of sp³-hybridized carbons (Fsp3) is 0.208. The van der Waals surface area contributed by atoms with Crippen molar-refractivity contribution in [2.75, 3.05) is 42.1 Å². The SMILES string of the molecule is Nc1cc(C(=O)O)ccc1Nc1cccc(N2CCN(Cc3ccccc3)CC2)c1. The first-order valence-electron chi connectivity index (χ1n) is 10.1. The van der Waals surface area contributed by atoms with E-state index in [1.807, 2.05) is 12.1 Å². The molecule has 0 aliphatic carbocycles. The van der Waals surface area contributed by atoms with E-state index in [1.54, 1.807) is 12.1 Å². The van der Waals surface area contributed by atoms with Crippen molar-refractivity contribution in [2.24, 2.45) is 0 Å². The number of rotatable bonds is 6. The number of nitrogens with two attached hydrogens (primary N) is 1. The number of benzene rings is 3. The highest BCUT2D eigenvalue weighted by atomic mass is 16.4. The van der Waals surface area contributed by atoms with Gasteiger partial charge in [-0.05, 0) is 42.0 Å². The van der Waals surface area contributed by atoms with Crippen molar-refractivity contribution < 1.29 is 9.90 Å². The molecule has 1 aliphatic rings. The normalized spacial score (nSPS) is 14.5. The molecule has 6 nitrogen and oxygen atoms in total. The molecule has 0 spiro atoms. The number of piperazine rings is 1. The van der Waals surface area contributed by atoms with Gasteiger partial charge in [0.1, 0.15) is 0 Å². The van der Waals surface area contributed by atoms with Crippen LogP contribution in [0.5, 0.6) is 0 Å². The number of carboxylic acids is 1. The highest BCUT2D eigenvalue weighted by molar-refractivity contribution is 5.91. The first-order chi connectivity index (χ1) is 14.6. The van der Waals surface area contributed by atoms with Crippen molar-refractivity contribution >= 4 is 28.7 Å². The molecule has 0 radical (unpaired) electrons. The third kappa shape index (κ3) is 4.72. The molecule has 0 saturated carbocycles. The molecule has 3 aromatic rings. The second-order valence-electron chi connectivity index (χ2n) is 7.53. The minimum absolute atomic E-state index is 0.181. The van der Waals surface area contributed by atoms with Gasteiger partial charge in [0, 0.05) is 44.1 Å². The fourth-order valence-corrected chi connectivity index (χ4v) is 3.75. The number of aromatic carboxylic acids is 1. The van der Waals surface area contributed by atoms with Crippen molar-refractivity contribution in [1.29, 1.82) is 0 Å². The largest absolute Gasteiger partial charge is 0.478 e. The van der Waals surface area contributed by atoms with Gasteiger partial charge in [-0.25, -0.2) is 4.79 Å². The van der Waals surface area contributed by atoms with Crippen LogP contribution in [-0.2, 0) is 6.54 Å². The van der Waals surface area contributed by atoms with E-state index >= 15 is 0 Å². The summed E-state index contributed by atoms with van der Waals surface area (Å²) in [4.78, 5) is 16.0. The minimum Gasteiger partial charge on any atom is -0.478 e. The Morgan fingerprint density at radius 1 is 0.933 bits per heavy atom. The molecule has 0 unspecified atom stereocenters. The average Bonchev–Trinajstić information content (AvgIpc) is 2.76. The van der Waals surface area contributed by atoms with Crippen molar-refractivity contribution in [3.05, 3.63) is 83.9 Å². The van der Waals surface area contributed by atoms with E-state index < -0.39 is 5.97 Å². The zero-order valence-electron chi connectivity index (χ0n) is 16.8. The predicted octanol–water partition coefficient (Wildman–Crippen LogP) is 4.03. The van der Waals surface area contributed by atoms with E-state index in [4.69, 9.17) is 10.8 Å². The lowest BCUT2D eigenvalue weighted by atomic mass is 10.1. The smallest absolute Gasteiger partial charge is 0.335 e. The number of nitrogen functional groups attached to an aromatic ring is 1. The third-order valence-electron chi connectivity index (χ3n) is 5.41. The molecule has 0 atom stereocenters. The molecule has 30 heavy (non-hydrogen) atoms. The minimum atomic E-state index is -0.985. The second kappa shape index (κ2) is 8.88. The number of hydrogen-bond acceptors (Lipinski definition) is 5. The van der Waals surface area contributed by atoms with Crippen LogP contribution in [0, 0.1) is 0 Å². The molecule has 6 heteroatoms. The van der Waals surface area contributed by atoms with E-state index in [-0.39, 0.29) is 5.56 Å². The summed E-state index contributed by atoms with van der Waals surface area (Å²) in [5.74, 6) is -0.985. The maximum Gasteiger partial charge on any atom is 0.335 e. The van der Waals surface area contributed by atoms with Crippen molar-refractivity contribution in [3.63, 3.8) is 0 Å². The van der Waals surface area contributed by atoms with E-state index in [1.165, 1.54) is 17.3 Å². The Balaban J connectivity index is 1.39. The van der Waals surface area contributed by atoms with Crippen molar-refractivity contribution in [2.45, 2.75) is 6.54 Å². The summed E-state index contributed by atoms with van der Waals surface area (Å²) >= 11 is 0. The summed E-state index contributed by atoms with van der Waals surface area (Å²) in [6, 6.07) is 23.5. The monoisotopic (exact) mass is 402 g/mol. The molecular formula is C24H26N4O2. The molecule has 154 valence electrons. The summed E-state index contributed by atoms with van der Waals surface area (Å²) in [6.45, 7) is 4.99. The number of nitrogens with zero attached hydrogens (tertiary/aromatic N) is 2. The molecule has 1 heterocycles. The molecule has 1 saturated heterocycles. The molecular weight excluding hydrogens is 376 g/mol. The van der Waals surface area contributed by atoms with Crippen molar-refractivity contribution in [1.82, 2.24) is 4.90 Å². The van der Waals surface area contributed by atoms with Crippen LogP contribution >= 0.6 is 0 Å². The second-order valence-corrected chi connectivity index (χ2v) is 7.53. The topological polar surface area (TPSA) is 81.8 Å². The van der Waals surface area contributed by atoms with Gasteiger partial charge in [0.05, 0.1) is 16.9 Å². The molecule has 1 fully saturated rings. The zero-order chi connectivity index (χ0) is 20.9. The van der Waals surface area contributed by atoms with Gasteiger partial charge in [-0.2, -0.15) is 0 Å². The van der Waals surface area contributed by atoms with E-state index in [0.717, 1.165) is 38.4 Å². The van der Waals surface area contributed by atoms with Gasteiger partial charge in [0.15, 0.2) is 0 Å². The summed E-state index contributed by atoms with van der Waals surface area (Å²) in [5.41, 5.74) is 10.8. The van der Waals surface area contributed by atoms with E-state index in [9.17, 15) is 4.79 Å². The standard InChI is InChI=1S/C24H26N4O2/c25-22-15-19(24(29)30)9-10-23(22)26-20-7-4-8-21(16-20)28-13-11-27(12-14-28)17-18-5-2-1-3-6-18/h1-10,15-16,26H,11-14,17,25H2,(H,29,30). The first kappa shape index (κ1) is 19.8. The number of carboxylic acid groups (broad SMARTS) is 1. The van der Waals surface area contributed by atoms with Crippen LogP contribution < -0.4 is 16.0 Å². The maximum atomic E-state index is 11.1. The van der Waals surface area contributed by atoms with Crippen LogP contribution in [0.1, 0.15) is 15.9 Å². The van der Waals surface area contributed by atoms with Gasteiger partial charge in [-0.3, -0.25) is 4.90 Å². The number of carbonyl (C=O) groups is 1. The Kier molecular flexibility index (Phi) is 5.86. The summed E-state index contributed by atoms with van der Waals surface area (Å²) in [5, 5.41) is 12.4. The lowest BCUT2D eigenvalue weighted by Gasteiger charge is -2.36. The Morgan fingerprint density at radius 2 is 1.70 bits per heavy atom. The van der Waals surface area contributed by atoms with Gasteiger partial charge in [-0.1, -0.05) is 36.4 Å². The summed E-state index contributed by atoms with van der Waals surface area (Å²) in [6.07, 6.45) is 0. The third-order valence-corrected chi connectivity index (χ3v) is 5.41. The summed E-state index contributed by atoms with van der Waals surface area (Å²) in [7, 11) is 0. The molecule has 4 rings (SSSR count). The first-order valence-corrected chi connectivity index (χ1v) is 10.1. The van der Waals surface area contributed by atoms with E-state index in [2.05, 4.69) is 57.6 Å². The van der Waals surface area contributed by atoms with Crippen LogP contribution in [-0.4, -0.2) is 42.2 Å². The van der Waals surface area contributed by atoms with Gasteiger partial charge >= 0.3 is 5.97 Å². The average molecular weight is 402 g/mol. The molecule has 0 amide bonds.